The van der Waals surface area contributed by atoms with Crippen molar-refractivity contribution in [2.45, 2.75) is 13.3 Å². The Morgan fingerprint density at radius 1 is 1.62 bits per heavy atom. The first kappa shape index (κ1) is 12.7. The molecule has 0 saturated carbocycles. The number of hydrogen-bond acceptors (Lipinski definition) is 3. The van der Waals surface area contributed by atoms with Crippen molar-refractivity contribution in [3.05, 3.63) is 28.7 Å². The van der Waals surface area contributed by atoms with Crippen LogP contribution < -0.4 is 10.6 Å². The van der Waals surface area contributed by atoms with Crippen LogP contribution >= 0.6 is 11.3 Å². The molecule has 0 fully saturated rings. The standard InChI is InChI=1S/C11H18N4S/c1-4-6-13-11(12-3)14-7-5-10-8-16-9(2)15-10/h4,8H,1,5-7H2,2-3H3,(H2,12,13,14). The third kappa shape index (κ3) is 4.44. The van der Waals surface area contributed by atoms with Gasteiger partial charge in [0.2, 0.25) is 0 Å². The van der Waals surface area contributed by atoms with Gasteiger partial charge >= 0.3 is 0 Å². The van der Waals surface area contributed by atoms with Gasteiger partial charge in [-0.15, -0.1) is 17.9 Å². The topological polar surface area (TPSA) is 49.3 Å². The van der Waals surface area contributed by atoms with Crippen molar-refractivity contribution >= 4 is 17.3 Å². The molecule has 0 spiro atoms. The van der Waals surface area contributed by atoms with Crippen molar-refractivity contribution in [2.75, 3.05) is 20.1 Å². The fourth-order valence-corrected chi connectivity index (χ4v) is 1.87. The molecule has 1 aromatic rings. The van der Waals surface area contributed by atoms with Gasteiger partial charge in [0, 0.05) is 31.9 Å². The molecular weight excluding hydrogens is 220 g/mol. The Morgan fingerprint density at radius 3 is 3.00 bits per heavy atom. The lowest BCUT2D eigenvalue weighted by molar-refractivity contribution is 0.808. The van der Waals surface area contributed by atoms with Gasteiger partial charge in [-0.2, -0.15) is 0 Å². The van der Waals surface area contributed by atoms with E-state index in [-0.39, 0.29) is 0 Å². The normalized spacial score (nSPS) is 11.2. The minimum Gasteiger partial charge on any atom is -0.356 e. The molecule has 0 unspecified atom stereocenters. The molecule has 4 nitrogen and oxygen atoms in total. The van der Waals surface area contributed by atoms with E-state index < -0.39 is 0 Å². The molecule has 1 aromatic heterocycles. The van der Waals surface area contributed by atoms with E-state index in [0.717, 1.165) is 36.2 Å². The van der Waals surface area contributed by atoms with Crippen LogP contribution in [0.5, 0.6) is 0 Å². The molecule has 0 amide bonds. The smallest absolute Gasteiger partial charge is 0.191 e. The number of rotatable bonds is 5. The number of thiazole rings is 1. The van der Waals surface area contributed by atoms with Crippen molar-refractivity contribution < 1.29 is 0 Å². The first-order valence-electron chi connectivity index (χ1n) is 5.22. The summed E-state index contributed by atoms with van der Waals surface area (Å²) in [6.45, 7) is 7.21. The molecule has 0 saturated heterocycles. The molecule has 0 atom stereocenters. The Hall–Kier alpha value is -1.36. The lowest BCUT2D eigenvalue weighted by atomic mass is 10.3. The van der Waals surface area contributed by atoms with E-state index in [9.17, 15) is 0 Å². The largest absolute Gasteiger partial charge is 0.356 e. The maximum atomic E-state index is 4.40. The van der Waals surface area contributed by atoms with Crippen molar-refractivity contribution in [3.8, 4) is 0 Å². The molecule has 1 heterocycles. The highest BCUT2D eigenvalue weighted by Gasteiger charge is 1.99. The van der Waals surface area contributed by atoms with E-state index in [1.165, 1.54) is 0 Å². The number of guanidine groups is 1. The van der Waals surface area contributed by atoms with Crippen LogP contribution in [-0.4, -0.2) is 31.1 Å². The molecule has 0 radical (unpaired) electrons. The second kappa shape index (κ2) is 7.00. The highest BCUT2D eigenvalue weighted by molar-refractivity contribution is 7.09. The van der Waals surface area contributed by atoms with Gasteiger partial charge in [-0.05, 0) is 6.92 Å². The van der Waals surface area contributed by atoms with Crippen LogP contribution in [0.4, 0.5) is 0 Å². The van der Waals surface area contributed by atoms with Gasteiger partial charge in [-0.1, -0.05) is 6.08 Å². The summed E-state index contributed by atoms with van der Waals surface area (Å²) < 4.78 is 0. The van der Waals surface area contributed by atoms with Gasteiger partial charge in [0.05, 0.1) is 10.7 Å². The van der Waals surface area contributed by atoms with Gasteiger partial charge < -0.3 is 10.6 Å². The number of nitrogens with one attached hydrogen (secondary N) is 2. The minimum atomic E-state index is 0.718. The molecule has 1 rings (SSSR count). The minimum absolute atomic E-state index is 0.718. The number of aliphatic imine (C=N–C) groups is 1. The number of nitrogens with zero attached hydrogens (tertiary/aromatic N) is 2. The third-order valence-corrected chi connectivity index (χ3v) is 2.80. The summed E-state index contributed by atoms with van der Waals surface area (Å²) in [7, 11) is 1.76. The van der Waals surface area contributed by atoms with E-state index in [4.69, 9.17) is 0 Å². The maximum Gasteiger partial charge on any atom is 0.191 e. The van der Waals surface area contributed by atoms with Gasteiger partial charge in [-0.3, -0.25) is 4.99 Å². The molecule has 0 aliphatic heterocycles. The molecular formula is C11H18N4S. The number of hydrogen-bond donors (Lipinski definition) is 2. The van der Waals surface area contributed by atoms with Crippen molar-refractivity contribution in [2.24, 2.45) is 4.99 Å². The summed E-state index contributed by atoms with van der Waals surface area (Å²) in [6, 6.07) is 0. The molecule has 5 heteroatoms. The molecule has 0 aliphatic rings. The fourth-order valence-electron chi connectivity index (χ4n) is 1.22. The lowest BCUT2D eigenvalue weighted by Crippen LogP contribution is -2.38. The molecule has 0 aromatic carbocycles. The SMILES string of the molecule is C=CCNC(=NC)NCCc1csc(C)n1. The molecule has 0 aliphatic carbocycles. The monoisotopic (exact) mass is 238 g/mol. The summed E-state index contributed by atoms with van der Waals surface area (Å²) in [5.74, 6) is 0.798. The summed E-state index contributed by atoms with van der Waals surface area (Å²) in [5, 5.41) is 9.54. The zero-order chi connectivity index (χ0) is 11.8. The highest BCUT2D eigenvalue weighted by Crippen LogP contribution is 2.07. The first-order valence-corrected chi connectivity index (χ1v) is 6.10. The van der Waals surface area contributed by atoms with Gasteiger partial charge in [-0.25, -0.2) is 4.98 Å². The molecule has 0 bridgehead atoms. The first-order chi connectivity index (χ1) is 7.76. The van der Waals surface area contributed by atoms with Crippen LogP contribution in [0.25, 0.3) is 0 Å². The van der Waals surface area contributed by atoms with Gasteiger partial charge in [0.15, 0.2) is 5.96 Å². The lowest BCUT2D eigenvalue weighted by Gasteiger charge is -2.09. The predicted octanol–water partition coefficient (Wildman–Crippen LogP) is 1.35. The third-order valence-electron chi connectivity index (χ3n) is 1.98. The van der Waals surface area contributed by atoms with E-state index >= 15 is 0 Å². The van der Waals surface area contributed by atoms with E-state index in [1.54, 1.807) is 24.5 Å². The quantitative estimate of drug-likeness (QED) is 0.462. The Morgan fingerprint density at radius 2 is 2.44 bits per heavy atom. The van der Waals surface area contributed by atoms with Gasteiger partial charge in [0.1, 0.15) is 0 Å². The zero-order valence-corrected chi connectivity index (χ0v) is 10.6. The van der Waals surface area contributed by atoms with Crippen LogP contribution in [0.15, 0.2) is 23.0 Å². The average molecular weight is 238 g/mol. The summed E-state index contributed by atoms with van der Waals surface area (Å²) in [4.78, 5) is 8.49. The second-order valence-electron chi connectivity index (χ2n) is 3.28. The van der Waals surface area contributed by atoms with Crippen molar-refractivity contribution in [1.29, 1.82) is 0 Å². The fraction of sp³-hybridized carbons (Fsp3) is 0.455. The van der Waals surface area contributed by atoms with Crippen LogP contribution in [0.2, 0.25) is 0 Å². The molecule has 16 heavy (non-hydrogen) atoms. The van der Waals surface area contributed by atoms with E-state index in [2.05, 4.69) is 32.6 Å². The summed E-state index contributed by atoms with van der Waals surface area (Å²) >= 11 is 1.68. The number of aryl methyl sites for hydroxylation is 1. The highest BCUT2D eigenvalue weighted by atomic mass is 32.1. The van der Waals surface area contributed by atoms with Crippen LogP contribution in [-0.2, 0) is 6.42 Å². The van der Waals surface area contributed by atoms with Gasteiger partial charge in [0.25, 0.3) is 0 Å². The van der Waals surface area contributed by atoms with Crippen LogP contribution in [0.3, 0.4) is 0 Å². The molecule has 88 valence electrons. The number of aromatic nitrogens is 1. The van der Waals surface area contributed by atoms with Crippen LogP contribution in [0, 0.1) is 6.92 Å². The summed E-state index contributed by atoms with van der Waals surface area (Å²) in [5.41, 5.74) is 1.13. The molecule has 2 N–H and O–H groups in total. The second-order valence-corrected chi connectivity index (χ2v) is 4.34. The Balaban J connectivity index is 2.26. The zero-order valence-electron chi connectivity index (χ0n) is 9.79. The van der Waals surface area contributed by atoms with Crippen molar-refractivity contribution in [1.82, 2.24) is 15.6 Å². The van der Waals surface area contributed by atoms with Crippen molar-refractivity contribution in [3.63, 3.8) is 0 Å². The Kier molecular flexibility index (Phi) is 5.56. The average Bonchev–Trinajstić information content (AvgIpc) is 2.69. The van der Waals surface area contributed by atoms with Crippen LogP contribution in [0.1, 0.15) is 10.7 Å². The summed E-state index contributed by atoms with van der Waals surface area (Å²) in [6.07, 6.45) is 2.72. The predicted molar refractivity (Wildman–Crippen MR) is 70.1 cm³/mol. The van der Waals surface area contributed by atoms with E-state index in [1.807, 2.05) is 6.92 Å². The Labute approximate surface area is 101 Å². The maximum absolute atomic E-state index is 4.40. The van der Waals surface area contributed by atoms with E-state index in [0.29, 0.717) is 0 Å². The Bertz CT molecular complexity index is 357.